The highest BCUT2D eigenvalue weighted by Gasteiger charge is 2.46. The van der Waals surface area contributed by atoms with Crippen LogP contribution in [0.15, 0.2) is 97.1 Å². The molecule has 0 saturated carbocycles. The zero-order valence-corrected chi connectivity index (χ0v) is 19.3. The molecule has 1 N–H and O–H groups in total. The minimum Gasteiger partial charge on any atom is -0.488 e. The fraction of sp³-hybridized carbons (Fsp3) is 0.207. The second-order valence-corrected chi connectivity index (χ2v) is 8.12. The maximum Gasteiger partial charge on any atom is 0.353 e. The molecule has 2 atom stereocenters. The van der Waals surface area contributed by atoms with Crippen molar-refractivity contribution in [3.63, 3.8) is 0 Å². The summed E-state index contributed by atoms with van der Waals surface area (Å²) in [7, 11) is 0. The lowest BCUT2D eigenvalue weighted by Crippen LogP contribution is -2.48. The molecule has 0 amide bonds. The molecule has 0 fully saturated rings. The molecule has 5 nitrogen and oxygen atoms in total. The quantitative estimate of drug-likeness (QED) is 0.320. The Morgan fingerprint density at radius 1 is 0.853 bits per heavy atom. The first-order chi connectivity index (χ1) is 16.5. The minimum absolute atomic E-state index is 0.173. The molecule has 174 valence electrons. The van der Waals surface area contributed by atoms with Gasteiger partial charge in [0.15, 0.2) is 0 Å². The lowest BCUT2D eigenvalue weighted by Gasteiger charge is -2.33. The highest BCUT2D eigenvalue weighted by Crippen LogP contribution is 2.38. The van der Waals surface area contributed by atoms with Crippen molar-refractivity contribution < 1.29 is 24.1 Å². The van der Waals surface area contributed by atoms with Crippen LogP contribution in [0.1, 0.15) is 31.1 Å². The Morgan fingerprint density at radius 3 is 2.15 bits per heavy atom. The molecule has 34 heavy (non-hydrogen) atoms. The molecule has 0 radical (unpaired) electrons. The van der Waals surface area contributed by atoms with Crippen LogP contribution < -0.4 is 9.47 Å². The van der Waals surface area contributed by atoms with Crippen LogP contribution in [0.5, 0.6) is 11.5 Å². The van der Waals surface area contributed by atoms with Gasteiger partial charge >= 0.3 is 5.97 Å². The van der Waals surface area contributed by atoms with E-state index in [9.17, 15) is 9.90 Å². The maximum absolute atomic E-state index is 13.0. The number of rotatable bonds is 9. The van der Waals surface area contributed by atoms with Gasteiger partial charge in [0, 0.05) is 5.39 Å². The zero-order valence-electron chi connectivity index (χ0n) is 19.3. The Labute approximate surface area is 199 Å². The van der Waals surface area contributed by atoms with Crippen molar-refractivity contribution in [3.8, 4) is 11.5 Å². The van der Waals surface area contributed by atoms with E-state index in [0.29, 0.717) is 23.7 Å². The molecular weight excluding hydrogens is 428 g/mol. The number of fused-ring (bicyclic) bond motifs is 1. The normalized spacial score (nSPS) is 13.6. The Balaban J connectivity index is 1.71. The van der Waals surface area contributed by atoms with E-state index in [1.54, 1.807) is 32.0 Å². The van der Waals surface area contributed by atoms with E-state index in [0.717, 1.165) is 16.3 Å². The number of ether oxygens (including phenoxy) is 3. The summed E-state index contributed by atoms with van der Waals surface area (Å²) in [5, 5.41) is 13.1. The van der Waals surface area contributed by atoms with Gasteiger partial charge in [-0.15, -0.1) is 0 Å². The third-order valence-corrected chi connectivity index (χ3v) is 5.73. The monoisotopic (exact) mass is 456 g/mol. The van der Waals surface area contributed by atoms with Gasteiger partial charge in [0.05, 0.1) is 6.61 Å². The van der Waals surface area contributed by atoms with Crippen LogP contribution in [0.2, 0.25) is 0 Å². The number of carbonyl (C=O) groups is 1. The van der Waals surface area contributed by atoms with E-state index in [4.69, 9.17) is 14.2 Å². The van der Waals surface area contributed by atoms with Crippen molar-refractivity contribution in [1.82, 2.24) is 0 Å². The number of benzene rings is 4. The molecule has 0 aliphatic carbocycles. The van der Waals surface area contributed by atoms with E-state index in [2.05, 4.69) is 0 Å². The molecule has 0 aliphatic rings. The van der Waals surface area contributed by atoms with Gasteiger partial charge in [-0.3, -0.25) is 0 Å². The SMILES string of the molecule is CCOC(=O)C(C)(Oc1ccccc1)C(O)c1ccc(OCc2ccccc2)c2ccccc12. The fourth-order valence-electron chi connectivity index (χ4n) is 3.91. The smallest absolute Gasteiger partial charge is 0.353 e. The lowest BCUT2D eigenvalue weighted by molar-refractivity contribution is -0.171. The van der Waals surface area contributed by atoms with Gasteiger partial charge in [-0.1, -0.05) is 78.9 Å². The van der Waals surface area contributed by atoms with Crippen molar-refractivity contribution in [3.05, 3.63) is 108 Å². The molecule has 4 aromatic carbocycles. The van der Waals surface area contributed by atoms with E-state index < -0.39 is 17.7 Å². The number of esters is 1. The third-order valence-electron chi connectivity index (χ3n) is 5.73. The number of para-hydroxylation sites is 1. The summed E-state index contributed by atoms with van der Waals surface area (Å²) in [6, 6.07) is 30.1. The molecule has 0 spiro atoms. The Bertz CT molecular complexity index is 1240. The van der Waals surface area contributed by atoms with Crippen LogP contribution >= 0.6 is 0 Å². The standard InChI is InChI=1S/C29H28O5/c1-3-32-28(31)29(2,34-22-14-8-5-9-15-22)27(30)25-18-19-26(24-17-11-10-16-23(24)25)33-20-21-12-6-4-7-13-21/h4-19,27,30H,3,20H2,1-2H3. The van der Waals surface area contributed by atoms with Crippen molar-refractivity contribution in [2.24, 2.45) is 0 Å². The molecular formula is C29H28O5. The zero-order chi connectivity index (χ0) is 24.0. The van der Waals surface area contributed by atoms with Gasteiger partial charge in [0.25, 0.3) is 0 Å². The summed E-state index contributed by atoms with van der Waals surface area (Å²) in [6.45, 7) is 3.87. The lowest BCUT2D eigenvalue weighted by atomic mass is 9.89. The average molecular weight is 457 g/mol. The molecule has 0 saturated heterocycles. The van der Waals surface area contributed by atoms with E-state index in [1.807, 2.05) is 78.9 Å². The number of aliphatic hydroxyl groups excluding tert-OH is 1. The molecule has 0 aliphatic heterocycles. The second kappa shape index (κ2) is 10.4. The maximum atomic E-state index is 13.0. The predicted molar refractivity (Wildman–Crippen MR) is 132 cm³/mol. The molecule has 2 unspecified atom stereocenters. The van der Waals surface area contributed by atoms with Crippen LogP contribution in [-0.4, -0.2) is 23.3 Å². The summed E-state index contributed by atoms with van der Waals surface area (Å²) in [6.07, 6.45) is -1.29. The molecule has 5 heteroatoms. The van der Waals surface area contributed by atoms with Gasteiger partial charge in [-0.05, 0) is 48.6 Å². The first kappa shape index (κ1) is 23.3. The number of aliphatic hydroxyl groups is 1. The van der Waals surface area contributed by atoms with Crippen LogP contribution in [0.4, 0.5) is 0 Å². The summed E-state index contributed by atoms with van der Waals surface area (Å²) >= 11 is 0. The second-order valence-electron chi connectivity index (χ2n) is 8.12. The number of hydrogen-bond donors (Lipinski definition) is 1. The van der Waals surface area contributed by atoms with E-state index >= 15 is 0 Å². The first-order valence-corrected chi connectivity index (χ1v) is 11.3. The van der Waals surface area contributed by atoms with Gasteiger partial charge in [0.1, 0.15) is 24.2 Å². The largest absolute Gasteiger partial charge is 0.488 e. The van der Waals surface area contributed by atoms with E-state index in [-0.39, 0.29) is 6.61 Å². The number of carbonyl (C=O) groups excluding carboxylic acids is 1. The topological polar surface area (TPSA) is 65.0 Å². The van der Waals surface area contributed by atoms with Crippen molar-refractivity contribution in [1.29, 1.82) is 0 Å². The molecule has 4 aromatic rings. The fourth-order valence-corrected chi connectivity index (χ4v) is 3.91. The Hall–Kier alpha value is -3.83. The van der Waals surface area contributed by atoms with Crippen molar-refractivity contribution in [2.75, 3.05) is 6.61 Å². The van der Waals surface area contributed by atoms with E-state index in [1.165, 1.54) is 0 Å². The molecule has 0 heterocycles. The number of hydrogen-bond acceptors (Lipinski definition) is 5. The van der Waals surface area contributed by atoms with Crippen LogP contribution in [-0.2, 0) is 16.1 Å². The van der Waals surface area contributed by atoms with Crippen molar-refractivity contribution in [2.45, 2.75) is 32.2 Å². The van der Waals surface area contributed by atoms with Crippen LogP contribution in [0.3, 0.4) is 0 Å². The third kappa shape index (κ3) is 4.90. The average Bonchev–Trinajstić information content (AvgIpc) is 2.88. The van der Waals surface area contributed by atoms with Gasteiger partial charge < -0.3 is 19.3 Å². The predicted octanol–water partition coefficient (Wildman–Crippen LogP) is 5.85. The van der Waals surface area contributed by atoms with Crippen molar-refractivity contribution >= 4 is 16.7 Å². The summed E-state index contributed by atoms with van der Waals surface area (Å²) in [4.78, 5) is 13.0. The first-order valence-electron chi connectivity index (χ1n) is 11.3. The molecule has 0 aromatic heterocycles. The summed E-state index contributed by atoms with van der Waals surface area (Å²) < 4.78 is 17.5. The van der Waals surface area contributed by atoms with Crippen LogP contribution in [0, 0.1) is 0 Å². The molecule has 0 bridgehead atoms. The van der Waals surface area contributed by atoms with Gasteiger partial charge in [0.2, 0.25) is 5.60 Å². The Kier molecular flexibility index (Phi) is 7.14. The highest BCUT2D eigenvalue weighted by molar-refractivity contribution is 5.92. The van der Waals surface area contributed by atoms with Gasteiger partial charge in [-0.25, -0.2) is 4.79 Å². The summed E-state index contributed by atoms with van der Waals surface area (Å²) in [5.41, 5.74) is -0.0528. The minimum atomic E-state index is -1.66. The van der Waals surface area contributed by atoms with Crippen LogP contribution in [0.25, 0.3) is 10.8 Å². The summed E-state index contributed by atoms with van der Waals surface area (Å²) in [5.74, 6) is 0.515. The molecule has 4 rings (SSSR count). The highest BCUT2D eigenvalue weighted by atomic mass is 16.6. The van der Waals surface area contributed by atoms with Gasteiger partial charge in [-0.2, -0.15) is 0 Å². The Morgan fingerprint density at radius 2 is 1.47 bits per heavy atom.